The van der Waals surface area contributed by atoms with Gasteiger partial charge in [0.05, 0.1) is 14.7 Å². The van der Waals surface area contributed by atoms with Gasteiger partial charge in [-0.2, -0.15) is 0 Å². The van der Waals surface area contributed by atoms with Crippen molar-refractivity contribution in [3.8, 4) is 0 Å². The van der Waals surface area contributed by atoms with Crippen molar-refractivity contribution in [1.82, 2.24) is 0 Å². The van der Waals surface area contributed by atoms with Crippen molar-refractivity contribution in [2.75, 3.05) is 0 Å². The van der Waals surface area contributed by atoms with Gasteiger partial charge in [-0.3, -0.25) is 10.1 Å². The molecule has 0 aliphatic heterocycles. The highest BCUT2D eigenvalue weighted by Crippen LogP contribution is 2.20. The molecule has 0 saturated heterocycles. The van der Waals surface area contributed by atoms with Crippen LogP contribution in [0.25, 0.3) is 0 Å². The van der Waals surface area contributed by atoms with Gasteiger partial charge < -0.3 is 0 Å². The summed E-state index contributed by atoms with van der Waals surface area (Å²) in [6, 6.07) is 11.1. The molecule has 0 radical (unpaired) electrons. The Labute approximate surface area is 160 Å². The van der Waals surface area contributed by atoms with E-state index in [9.17, 15) is 26.9 Å². The van der Waals surface area contributed by atoms with Crippen LogP contribution in [0.3, 0.4) is 0 Å². The lowest BCUT2D eigenvalue weighted by molar-refractivity contribution is -0.384. The molecule has 0 fully saturated rings. The van der Waals surface area contributed by atoms with Gasteiger partial charge in [0.2, 0.25) is 0 Å². The van der Waals surface area contributed by atoms with Crippen LogP contribution in [-0.4, -0.2) is 21.8 Å². The highest BCUT2D eigenvalue weighted by atomic mass is 35.7. The third-order valence-electron chi connectivity index (χ3n) is 3.08. The van der Waals surface area contributed by atoms with Gasteiger partial charge in [0, 0.05) is 33.5 Å². The monoisotopic (exact) mass is 439 g/mol. The lowest BCUT2D eigenvalue weighted by Gasteiger charge is -2.03. The molecule has 0 spiro atoms. The molecular weight excluding hydrogens is 425 g/mol. The molecule has 0 aliphatic carbocycles. The van der Waals surface area contributed by atoms with E-state index in [1.165, 1.54) is 6.07 Å². The lowest BCUT2D eigenvalue weighted by Crippen LogP contribution is -1.97. The first kappa shape index (κ1) is 22.4. The maximum absolute atomic E-state index is 11.1. The van der Waals surface area contributed by atoms with Crippen LogP contribution in [0.15, 0.2) is 58.3 Å². The smallest absolute Gasteiger partial charge is 0.258 e. The Morgan fingerprint density at radius 2 is 1.46 bits per heavy atom. The van der Waals surface area contributed by atoms with E-state index < -0.39 is 23.0 Å². The summed E-state index contributed by atoms with van der Waals surface area (Å²) in [6.45, 7) is 2.00. The highest BCUT2D eigenvalue weighted by Gasteiger charge is 2.13. The maximum Gasteiger partial charge on any atom is 0.269 e. The van der Waals surface area contributed by atoms with Crippen molar-refractivity contribution in [3.63, 3.8) is 0 Å². The zero-order valence-electron chi connectivity index (χ0n) is 13.5. The lowest BCUT2D eigenvalue weighted by atomic mass is 10.1. The molecule has 2 aromatic rings. The Kier molecular flexibility index (Phi) is 8.01. The summed E-state index contributed by atoms with van der Waals surface area (Å²) < 4.78 is 43.6. The van der Waals surface area contributed by atoms with E-state index >= 15 is 0 Å². The van der Waals surface area contributed by atoms with Crippen LogP contribution in [0.5, 0.6) is 0 Å². The van der Waals surface area contributed by atoms with Crippen molar-refractivity contribution in [3.05, 3.63) is 64.2 Å². The number of rotatable bonds is 5. The van der Waals surface area contributed by atoms with E-state index in [-0.39, 0.29) is 15.5 Å². The molecule has 0 bridgehead atoms. The van der Waals surface area contributed by atoms with E-state index in [2.05, 4.69) is 0 Å². The number of benzene rings is 2. The molecule has 26 heavy (non-hydrogen) atoms. The van der Waals surface area contributed by atoms with Crippen molar-refractivity contribution in [2.45, 2.75) is 29.6 Å². The van der Waals surface area contributed by atoms with Crippen LogP contribution < -0.4 is 0 Å². The second kappa shape index (κ2) is 9.31. The van der Waals surface area contributed by atoms with Crippen molar-refractivity contribution in [2.24, 2.45) is 0 Å². The number of halogens is 2. The third kappa shape index (κ3) is 6.91. The first-order valence-corrected chi connectivity index (χ1v) is 11.8. The number of nitro groups is 1. The average molecular weight is 440 g/mol. The van der Waals surface area contributed by atoms with E-state index in [1.54, 1.807) is 12.1 Å². The quantitative estimate of drug-likeness (QED) is 0.393. The molecule has 2 aromatic carbocycles. The summed E-state index contributed by atoms with van der Waals surface area (Å²) >= 11 is 0. The standard InChI is InChI=1S/C9H11ClO2S.C6H4ClNO4S/c1-2-5-8-6-3-4-7-9(8)13(10,11)12;7-13(11,12)6-3-1-5(2-4-6)8(9)10/h3-4,6-7H,2,5H2,1H3;1-4H. The molecule has 0 saturated carbocycles. The summed E-state index contributed by atoms with van der Waals surface area (Å²) in [6.07, 6.45) is 1.64. The molecule has 0 heterocycles. The van der Waals surface area contributed by atoms with Gasteiger partial charge in [-0.15, -0.1) is 0 Å². The molecule has 0 amide bonds. The fourth-order valence-corrected chi connectivity index (χ4v) is 3.89. The predicted octanol–water partition coefficient (Wildman–Crippen LogP) is 4.09. The predicted molar refractivity (Wildman–Crippen MR) is 99.6 cm³/mol. The first-order chi connectivity index (χ1) is 12.0. The Hall–Kier alpha value is -1.68. The van der Waals surface area contributed by atoms with Crippen molar-refractivity contribution >= 4 is 45.2 Å². The van der Waals surface area contributed by atoms with Gasteiger partial charge in [0.25, 0.3) is 23.8 Å². The Morgan fingerprint density at radius 1 is 0.923 bits per heavy atom. The Morgan fingerprint density at radius 3 is 1.88 bits per heavy atom. The summed E-state index contributed by atoms with van der Waals surface area (Å²) in [4.78, 5) is 9.65. The second-order valence-electron chi connectivity index (χ2n) is 4.98. The van der Waals surface area contributed by atoms with Gasteiger partial charge in [-0.05, 0) is 30.2 Å². The molecule has 7 nitrogen and oxygen atoms in total. The van der Waals surface area contributed by atoms with Crippen molar-refractivity contribution in [1.29, 1.82) is 0 Å². The minimum atomic E-state index is -3.80. The van der Waals surface area contributed by atoms with Gasteiger partial charge >= 0.3 is 0 Å². The zero-order valence-corrected chi connectivity index (χ0v) is 16.6. The molecule has 0 N–H and O–H groups in total. The number of aryl methyl sites for hydroxylation is 1. The van der Waals surface area contributed by atoms with Crippen LogP contribution >= 0.6 is 21.4 Å². The van der Waals surface area contributed by atoms with Gasteiger partial charge in [0.15, 0.2) is 0 Å². The van der Waals surface area contributed by atoms with Crippen LogP contribution in [0.4, 0.5) is 5.69 Å². The SMILES string of the molecule is CCCc1ccccc1S(=O)(=O)Cl.O=[N+]([O-])c1ccc(S(=O)(=O)Cl)cc1. The summed E-state index contributed by atoms with van der Waals surface area (Å²) in [5, 5.41) is 10.2. The van der Waals surface area contributed by atoms with Crippen molar-refractivity contribution < 1.29 is 21.8 Å². The molecule has 0 aliphatic rings. The average Bonchev–Trinajstić information content (AvgIpc) is 2.54. The van der Waals surface area contributed by atoms with Gasteiger partial charge in [-0.25, -0.2) is 16.8 Å². The third-order valence-corrected chi connectivity index (χ3v) is 5.88. The molecule has 11 heteroatoms. The molecule has 2 rings (SSSR count). The number of hydrogen-bond acceptors (Lipinski definition) is 6. The van der Waals surface area contributed by atoms with Crippen LogP contribution in [-0.2, 0) is 24.5 Å². The van der Waals surface area contributed by atoms with E-state index in [0.29, 0.717) is 0 Å². The number of nitrogens with zero attached hydrogens (tertiary/aromatic N) is 1. The van der Waals surface area contributed by atoms with Crippen LogP contribution in [0, 0.1) is 10.1 Å². The minimum Gasteiger partial charge on any atom is -0.258 e. The first-order valence-electron chi connectivity index (χ1n) is 7.18. The highest BCUT2D eigenvalue weighted by molar-refractivity contribution is 8.14. The number of non-ortho nitro benzene ring substituents is 1. The fourth-order valence-electron chi connectivity index (χ4n) is 1.95. The molecule has 142 valence electrons. The number of nitro benzene ring substituents is 1. The van der Waals surface area contributed by atoms with Crippen LogP contribution in [0.1, 0.15) is 18.9 Å². The zero-order chi connectivity index (χ0) is 20.0. The minimum absolute atomic E-state index is 0.153. The molecule has 0 atom stereocenters. The molecule has 0 unspecified atom stereocenters. The number of hydrogen-bond donors (Lipinski definition) is 0. The summed E-state index contributed by atoms with van der Waals surface area (Å²) in [5.41, 5.74) is 0.615. The normalized spacial score (nSPS) is 11.3. The largest absolute Gasteiger partial charge is 0.269 e. The van der Waals surface area contributed by atoms with E-state index in [0.717, 1.165) is 42.7 Å². The Bertz CT molecular complexity index is 973. The topological polar surface area (TPSA) is 111 Å². The fraction of sp³-hybridized carbons (Fsp3) is 0.200. The maximum atomic E-state index is 11.1. The summed E-state index contributed by atoms with van der Waals surface area (Å²) in [7, 11) is 2.89. The van der Waals surface area contributed by atoms with E-state index in [1.807, 2.05) is 13.0 Å². The summed E-state index contributed by atoms with van der Waals surface area (Å²) in [5.74, 6) is 0. The van der Waals surface area contributed by atoms with Crippen LogP contribution in [0.2, 0.25) is 0 Å². The second-order valence-corrected chi connectivity index (χ2v) is 10.1. The Balaban J connectivity index is 0.000000260. The van der Waals surface area contributed by atoms with E-state index in [4.69, 9.17) is 21.4 Å². The van der Waals surface area contributed by atoms with Gasteiger partial charge in [0.1, 0.15) is 0 Å². The molecular formula is C15H15Cl2NO6S2. The molecule has 0 aromatic heterocycles. The van der Waals surface area contributed by atoms with Gasteiger partial charge in [-0.1, -0.05) is 31.5 Å².